The van der Waals surface area contributed by atoms with E-state index in [-0.39, 0.29) is 17.3 Å². The number of benzene rings is 1. The lowest BCUT2D eigenvalue weighted by atomic mass is 9.76. The summed E-state index contributed by atoms with van der Waals surface area (Å²) in [6.07, 6.45) is 7.06. The topological polar surface area (TPSA) is 9.23 Å². The van der Waals surface area contributed by atoms with Gasteiger partial charge in [0.05, 0.1) is 5.56 Å². The van der Waals surface area contributed by atoms with Crippen molar-refractivity contribution < 1.29 is 31.4 Å². The number of allylic oxidation sites excluding steroid dienone is 7. The quantitative estimate of drug-likeness (QED) is 0.210. The van der Waals surface area contributed by atoms with Crippen LogP contribution in [0.2, 0.25) is 0 Å². The molecule has 0 saturated heterocycles. The van der Waals surface area contributed by atoms with Gasteiger partial charge in [-0.05, 0) is 85.2 Å². The molecule has 38 heavy (non-hydrogen) atoms. The molecule has 0 unspecified atom stereocenters. The van der Waals surface area contributed by atoms with Crippen LogP contribution in [0.4, 0.5) is 26.5 Å². The van der Waals surface area contributed by atoms with Gasteiger partial charge in [0.1, 0.15) is 17.5 Å². The predicted octanol–water partition coefficient (Wildman–Crippen LogP) is 11.8. The van der Waals surface area contributed by atoms with Gasteiger partial charge in [0.15, 0.2) is 0 Å². The number of halogens is 6. The number of alkyl halides is 2. The van der Waals surface area contributed by atoms with Crippen LogP contribution >= 0.6 is 0 Å². The highest BCUT2D eigenvalue weighted by molar-refractivity contribution is 5.61. The first-order valence-corrected chi connectivity index (χ1v) is 13.1. The van der Waals surface area contributed by atoms with E-state index in [9.17, 15) is 26.5 Å². The van der Waals surface area contributed by atoms with Gasteiger partial charge >= 0.3 is 6.11 Å². The third-order valence-corrected chi connectivity index (χ3v) is 6.23. The maximum Gasteiger partial charge on any atom is 0.413 e. The van der Waals surface area contributed by atoms with Gasteiger partial charge in [-0.25, -0.2) is 13.2 Å². The standard InChI is InChI=1S/C23H27F5O.C6H9F.C2H6/c1-3-4-5-17-6-8-18(9-7-17)21(16(2)24)14-15-22(25)19-10-12-20(13-11-19)23(26,27)29-28;1-4-6(7)5(2)3;1-2/h10-15,17-18H,2-9H2,1H3;4H,2H2,1,3H3;1-2H3/b21-14+,22-15-;6-4+;. The summed E-state index contributed by atoms with van der Waals surface area (Å²) < 4.78 is 78.5. The average molecular weight is 545 g/mol. The van der Waals surface area contributed by atoms with E-state index in [1.807, 2.05) is 13.8 Å². The van der Waals surface area contributed by atoms with Crippen molar-refractivity contribution in [2.45, 2.75) is 85.7 Å². The molecule has 1 nitrogen and oxygen atoms in total. The highest BCUT2D eigenvalue weighted by atomic mass is 19.4. The van der Waals surface area contributed by atoms with Crippen molar-refractivity contribution in [3.05, 3.63) is 89.6 Å². The van der Waals surface area contributed by atoms with Crippen LogP contribution in [0.25, 0.3) is 5.83 Å². The van der Waals surface area contributed by atoms with E-state index in [0.29, 0.717) is 17.1 Å². The van der Waals surface area contributed by atoms with Crippen molar-refractivity contribution in [3.63, 3.8) is 0 Å². The summed E-state index contributed by atoms with van der Waals surface area (Å²) >= 11 is 0. The molecule has 0 spiro atoms. The summed E-state index contributed by atoms with van der Waals surface area (Å²) in [7, 11) is 0. The predicted molar refractivity (Wildman–Crippen MR) is 146 cm³/mol. The van der Waals surface area contributed by atoms with Crippen LogP contribution in [0.5, 0.6) is 0 Å². The Morgan fingerprint density at radius 3 is 1.95 bits per heavy atom. The van der Waals surface area contributed by atoms with E-state index in [4.69, 9.17) is 0 Å². The highest BCUT2D eigenvalue weighted by Crippen LogP contribution is 2.38. The van der Waals surface area contributed by atoms with Crippen LogP contribution in [0.1, 0.15) is 90.7 Å². The van der Waals surface area contributed by atoms with Crippen LogP contribution < -0.4 is 0 Å². The van der Waals surface area contributed by atoms with E-state index in [2.05, 4.69) is 25.0 Å². The number of hydrogen-bond donors (Lipinski definition) is 0. The van der Waals surface area contributed by atoms with Gasteiger partial charge < -0.3 is 0 Å². The smallest absolute Gasteiger partial charge is 0.207 e. The fraction of sp³-hybridized carbons (Fsp3) is 0.484. The van der Waals surface area contributed by atoms with Gasteiger partial charge in [-0.15, -0.1) is 4.94 Å². The summed E-state index contributed by atoms with van der Waals surface area (Å²) in [4.78, 5) is 2.62. The Morgan fingerprint density at radius 2 is 1.55 bits per heavy atom. The molecule has 1 aromatic rings. The van der Waals surface area contributed by atoms with Crippen LogP contribution in [0.15, 0.2) is 78.5 Å². The zero-order valence-corrected chi connectivity index (χ0v) is 23.2. The average Bonchev–Trinajstić information content (AvgIpc) is 2.93. The van der Waals surface area contributed by atoms with Crippen molar-refractivity contribution in [2.24, 2.45) is 11.8 Å². The van der Waals surface area contributed by atoms with Crippen molar-refractivity contribution in [1.29, 1.82) is 0 Å². The SMILES string of the molecule is C=C(C)/C(F)=C\C.C=C(F)/C(=C\C=C(/F)c1ccc(C(F)(F)OF)cc1)C1CCC(CCCC)CC1.CC. The van der Waals surface area contributed by atoms with E-state index in [1.165, 1.54) is 25.0 Å². The molecule has 1 aliphatic rings. The van der Waals surface area contributed by atoms with E-state index in [0.717, 1.165) is 62.4 Å². The Bertz CT molecular complexity index is 936. The summed E-state index contributed by atoms with van der Waals surface area (Å²) in [5, 5.41) is 0. The molecule has 0 N–H and O–H groups in total. The number of hydrogen-bond acceptors (Lipinski definition) is 1. The minimum atomic E-state index is -4.09. The summed E-state index contributed by atoms with van der Waals surface area (Å²) in [5.41, 5.74) is 0.155. The number of rotatable bonds is 10. The molecule has 0 aliphatic heterocycles. The fourth-order valence-electron chi connectivity index (χ4n) is 4.08. The second-order valence-electron chi connectivity index (χ2n) is 8.99. The van der Waals surface area contributed by atoms with Gasteiger partial charge in [0, 0.05) is 5.56 Å². The monoisotopic (exact) mass is 544 g/mol. The maximum atomic E-state index is 14.4. The Kier molecular flexibility index (Phi) is 17.4. The lowest BCUT2D eigenvalue weighted by Gasteiger charge is -2.29. The minimum absolute atomic E-state index is 0.00260. The molecular weight excluding hydrogens is 502 g/mol. The second-order valence-corrected chi connectivity index (χ2v) is 8.99. The first-order valence-electron chi connectivity index (χ1n) is 13.1. The minimum Gasteiger partial charge on any atom is -0.207 e. The summed E-state index contributed by atoms with van der Waals surface area (Å²) in [5.74, 6) is -0.854. The van der Waals surface area contributed by atoms with Gasteiger partial charge in [-0.1, -0.05) is 77.5 Å². The molecule has 0 amide bonds. The molecule has 0 atom stereocenters. The van der Waals surface area contributed by atoms with Crippen LogP contribution in [-0.4, -0.2) is 0 Å². The lowest BCUT2D eigenvalue weighted by Crippen LogP contribution is -2.16. The van der Waals surface area contributed by atoms with Crippen molar-refractivity contribution in [3.8, 4) is 0 Å². The molecule has 1 aromatic carbocycles. The second kappa shape index (κ2) is 18.7. The Balaban J connectivity index is 0.00000132. The molecule has 214 valence electrons. The molecule has 0 radical (unpaired) electrons. The normalized spacial score (nSPS) is 18.6. The van der Waals surface area contributed by atoms with Gasteiger partial charge in [-0.3, -0.25) is 0 Å². The summed E-state index contributed by atoms with van der Waals surface area (Å²) in [6, 6.07) is 3.92. The molecule has 1 aliphatic carbocycles. The molecule has 0 bridgehead atoms. The largest absolute Gasteiger partial charge is 0.413 e. The van der Waals surface area contributed by atoms with Crippen LogP contribution in [0.3, 0.4) is 0 Å². The van der Waals surface area contributed by atoms with Crippen LogP contribution in [-0.2, 0) is 11.1 Å². The molecule has 0 aromatic heterocycles. The van der Waals surface area contributed by atoms with Gasteiger partial charge in [-0.2, -0.15) is 8.78 Å². The lowest BCUT2D eigenvalue weighted by molar-refractivity contribution is -0.364. The molecule has 7 heteroatoms. The Labute approximate surface area is 224 Å². The first-order chi connectivity index (χ1) is 18.0. The maximum absolute atomic E-state index is 14.4. The molecule has 0 heterocycles. The van der Waals surface area contributed by atoms with E-state index in [1.54, 1.807) is 13.8 Å². The van der Waals surface area contributed by atoms with Crippen LogP contribution in [0, 0.1) is 11.8 Å². The zero-order chi connectivity index (χ0) is 29.3. The Morgan fingerprint density at radius 1 is 1.00 bits per heavy atom. The highest BCUT2D eigenvalue weighted by Gasteiger charge is 2.34. The van der Waals surface area contributed by atoms with Gasteiger partial charge in [0.2, 0.25) is 0 Å². The third kappa shape index (κ3) is 12.3. The van der Waals surface area contributed by atoms with Gasteiger partial charge in [0.25, 0.3) is 0 Å². The molecule has 2 rings (SSSR count). The molecular formula is C31H42F6O. The molecule has 1 fully saturated rings. The summed E-state index contributed by atoms with van der Waals surface area (Å²) in [6.45, 7) is 16.2. The van der Waals surface area contributed by atoms with Crippen molar-refractivity contribution in [1.82, 2.24) is 0 Å². The first kappa shape index (κ1) is 35.5. The number of unbranched alkanes of at least 4 members (excludes halogenated alkanes) is 1. The third-order valence-electron chi connectivity index (χ3n) is 6.23. The fourth-order valence-corrected chi connectivity index (χ4v) is 4.08. The van der Waals surface area contributed by atoms with E-state index < -0.39 is 23.3 Å². The Hall–Kier alpha value is -2.54. The van der Waals surface area contributed by atoms with Crippen molar-refractivity contribution in [2.75, 3.05) is 0 Å². The van der Waals surface area contributed by atoms with Crippen molar-refractivity contribution >= 4 is 5.83 Å². The van der Waals surface area contributed by atoms with E-state index >= 15 is 0 Å². The molecule has 1 saturated carbocycles. The zero-order valence-electron chi connectivity index (χ0n) is 23.2.